The third-order valence-electron chi connectivity index (χ3n) is 3.85. The summed E-state index contributed by atoms with van der Waals surface area (Å²) in [4.78, 5) is 40.7. The van der Waals surface area contributed by atoms with E-state index in [1.54, 1.807) is 0 Å². The number of carbonyl (C=O) groups is 3. The molecule has 0 spiro atoms. The van der Waals surface area contributed by atoms with E-state index in [4.69, 9.17) is 11.6 Å². The number of imide groups is 1. The molecule has 7 nitrogen and oxygen atoms in total. The standard InChI is InChI=1S/C16H9ClF4N4O3/c17-10-7-9(1-2-11(10)18)25-13(27)15(16(19,20)21,24-14(25)28)23-12(26)8-3-5-22-6-4-8/h1-7H,(H,23,26)(H,24,28)/t15-/m0/s1. The van der Waals surface area contributed by atoms with Crippen LogP contribution in [0.4, 0.5) is 28.0 Å². The van der Waals surface area contributed by atoms with Crippen molar-refractivity contribution in [2.24, 2.45) is 0 Å². The Bertz CT molecular complexity index is 970. The second-order valence-corrected chi connectivity index (χ2v) is 6.01. The number of benzene rings is 1. The van der Waals surface area contributed by atoms with Crippen LogP contribution in [-0.2, 0) is 4.79 Å². The van der Waals surface area contributed by atoms with Gasteiger partial charge in [0.25, 0.3) is 17.5 Å². The van der Waals surface area contributed by atoms with Crippen LogP contribution in [0.15, 0.2) is 42.7 Å². The molecule has 1 saturated heterocycles. The van der Waals surface area contributed by atoms with E-state index in [0.29, 0.717) is 0 Å². The average molecular weight is 417 g/mol. The van der Waals surface area contributed by atoms with E-state index in [-0.39, 0.29) is 10.5 Å². The highest BCUT2D eigenvalue weighted by molar-refractivity contribution is 6.31. The lowest BCUT2D eigenvalue weighted by atomic mass is 10.1. The van der Waals surface area contributed by atoms with Crippen molar-refractivity contribution in [3.05, 3.63) is 59.1 Å². The quantitative estimate of drug-likeness (QED) is 0.594. The number of halogens is 5. The van der Waals surface area contributed by atoms with Crippen molar-refractivity contribution in [2.45, 2.75) is 11.8 Å². The highest BCUT2D eigenvalue weighted by atomic mass is 35.5. The van der Waals surface area contributed by atoms with Gasteiger partial charge in [0, 0.05) is 18.0 Å². The van der Waals surface area contributed by atoms with Gasteiger partial charge in [0.05, 0.1) is 10.7 Å². The normalized spacial score (nSPS) is 19.5. The van der Waals surface area contributed by atoms with Gasteiger partial charge in [-0.1, -0.05) is 11.6 Å². The van der Waals surface area contributed by atoms with Gasteiger partial charge in [0.2, 0.25) is 0 Å². The highest BCUT2D eigenvalue weighted by Gasteiger charge is 2.69. The summed E-state index contributed by atoms with van der Waals surface area (Å²) in [5.74, 6) is -3.99. The number of urea groups is 1. The second-order valence-electron chi connectivity index (χ2n) is 5.61. The van der Waals surface area contributed by atoms with E-state index in [1.807, 2.05) is 0 Å². The molecule has 0 saturated carbocycles. The molecule has 0 aliphatic carbocycles. The number of rotatable bonds is 3. The molecule has 146 valence electrons. The molecule has 0 radical (unpaired) electrons. The van der Waals surface area contributed by atoms with E-state index < -0.39 is 46.2 Å². The van der Waals surface area contributed by atoms with Crippen LogP contribution in [0.25, 0.3) is 0 Å². The lowest BCUT2D eigenvalue weighted by Crippen LogP contribution is -2.69. The van der Waals surface area contributed by atoms with Gasteiger partial charge in [-0.15, -0.1) is 0 Å². The Hall–Kier alpha value is -3.21. The Labute approximate surface area is 159 Å². The van der Waals surface area contributed by atoms with Crippen LogP contribution in [0.3, 0.4) is 0 Å². The van der Waals surface area contributed by atoms with Crippen LogP contribution in [0.5, 0.6) is 0 Å². The van der Waals surface area contributed by atoms with Crippen LogP contribution >= 0.6 is 11.6 Å². The van der Waals surface area contributed by atoms with Crippen molar-refractivity contribution in [1.82, 2.24) is 15.6 Å². The molecule has 1 aromatic carbocycles. The van der Waals surface area contributed by atoms with Crippen molar-refractivity contribution >= 4 is 35.1 Å². The molecule has 4 amide bonds. The van der Waals surface area contributed by atoms with Gasteiger partial charge in [0.15, 0.2) is 0 Å². The maximum absolute atomic E-state index is 13.8. The number of anilines is 1. The molecule has 28 heavy (non-hydrogen) atoms. The van der Waals surface area contributed by atoms with E-state index in [0.717, 1.165) is 42.7 Å². The number of hydrogen-bond acceptors (Lipinski definition) is 4. The van der Waals surface area contributed by atoms with Crippen LogP contribution in [0.2, 0.25) is 5.02 Å². The highest BCUT2D eigenvalue weighted by Crippen LogP contribution is 2.36. The minimum atomic E-state index is -5.39. The Morgan fingerprint density at radius 2 is 1.82 bits per heavy atom. The van der Waals surface area contributed by atoms with Gasteiger partial charge in [-0.2, -0.15) is 13.2 Å². The van der Waals surface area contributed by atoms with Crippen LogP contribution < -0.4 is 15.5 Å². The number of amides is 4. The lowest BCUT2D eigenvalue weighted by molar-refractivity contribution is -0.197. The smallest absolute Gasteiger partial charge is 0.314 e. The topological polar surface area (TPSA) is 91.4 Å². The number of carbonyl (C=O) groups excluding carboxylic acids is 3. The number of alkyl halides is 3. The number of pyridine rings is 1. The predicted molar refractivity (Wildman–Crippen MR) is 87.9 cm³/mol. The van der Waals surface area contributed by atoms with Crippen LogP contribution in [-0.4, -0.2) is 34.7 Å². The van der Waals surface area contributed by atoms with Gasteiger partial charge >= 0.3 is 12.2 Å². The first-order chi connectivity index (χ1) is 13.1. The second kappa shape index (κ2) is 6.75. The molecule has 0 unspecified atom stereocenters. The van der Waals surface area contributed by atoms with Crippen molar-refractivity contribution < 1.29 is 31.9 Å². The average Bonchev–Trinajstić information content (AvgIpc) is 2.89. The monoisotopic (exact) mass is 416 g/mol. The summed E-state index contributed by atoms with van der Waals surface area (Å²) in [6, 6.07) is 3.26. The fraction of sp³-hybridized carbons (Fsp3) is 0.125. The molecule has 2 heterocycles. The number of nitrogens with one attached hydrogen (secondary N) is 2. The molecule has 1 aliphatic heterocycles. The molecular weight excluding hydrogens is 408 g/mol. The first-order valence-corrected chi connectivity index (χ1v) is 7.85. The fourth-order valence-corrected chi connectivity index (χ4v) is 2.66. The molecule has 12 heteroatoms. The fourth-order valence-electron chi connectivity index (χ4n) is 2.48. The summed E-state index contributed by atoms with van der Waals surface area (Å²) >= 11 is 5.57. The molecule has 3 rings (SSSR count). The number of aromatic nitrogens is 1. The Kier molecular flexibility index (Phi) is 4.71. The molecular formula is C16H9ClF4N4O3. The summed E-state index contributed by atoms with van der Waals surface area (Å²) in [7, 11) is 0. The maximum atomic E-state index is 13.8. The van der Waals surface area contributed by atoms with Crippen molar-refractivity contribution in [1.29, 1.82) is 0 Å². The summed E-state index contributed by atoms with van der Waals surface area (Å²) in [6.07, 6.45) is -3.06. The zero-order valence-corrected chi connectivity index (χ0v) is 14.3. The maximum Gasteiger partial charge on any atom is 0.440 e. The summed E-state index contributed by atoms with van der Waals surface area (Å²) in [5.41, 5.74) is -4.34. The zero-order valence-electron chi connectivity index (χ0n) is 13.6. The summed E-state index contributed by atoms with van der Waals surface area (Å²) in [5, 5.41) is 2.49. The van der Waals surface area contributed by atoms with Gasteiger partial charge < -0.3 is 5.32 Å². The predicted octanol–water partition coefficient (Wildman–Crippen LogP) is 2.62. The van der Waals surface area contributed by atoms with E-state index in [2.05, 4.69) is 4.98 Å². The molecule has 1 aliphatic rings. The lowest BCUT2D eigenvalue weighted by Gasteiger charge is -2.29. The molecule has 1 fully saturated rings. The summed E-state index contributed by atoms with van der Waals surface area (Å²) in [6.45, 7) is 0. The SMILES string of the molecule is O=C(N[C@]1(C(F)(F)F)NC(=O)N(c2ccc(F)c(Cl)c2)C1=O)c1ccncc1. The minimum Gasteiger partial charge on any atom is -0.314 e. The van der Waals surface area contributed by atoms with Crippen LogP contribution in [0.1, 0.15) is 10.4 Å². The zero-order chi connectivity index (χ0) is 20.7. The number of nitrogens with zero attached hydrogens (tertiary/aromatic N) is 2. The molecule has 1 atom stereocenters. The first-order valence-electron chi connectivity index (χ1n) is 7.48. The Balaban J connectivity index is 2.02. The Morgan fingerprint density at radius 3 is 2.39 bits per heavy atom. The van der Waals surface area contributed by atoms with Crippen molar-refractivity contribution in [3.8, 4) is 0 Å². The third-order valence-corrected chi connectivity index (χ3v) is 4.14. The van der Waals surface area contributed by atoms with E-state index in [1.165, 1.54) is 10.6 Å². The largest absolute Gasteiger partial charge is 0.440 e. The van der Waals surface area contributed by atoms with Gasteiger partial charge in [-0.3, -0.25) is 19.9 Å². The summed E-state index contributed by atoms with van der Waals surface area (Å²) < 4.78 is 54.6. The van der Waals surface area contributed by atoms with Gasteiger partial charge in [0.1, 0.15) is 5.82 Å². The minimum absolute atomic E-state index is 0.117. The van der Waals surface area contributed by atoms with Crippen LogP contribution in [0, 0.1) is 5.82 Å². The molecule has 1 aromatic heterocycles. The van der Waals surface area contributed by atoms with E-state index in [9.17, 15) is 31.9 Å². The van der Waals surface area contributed by atoms with Crippen molar-refractivity contribution in [3.63, 3.8) is 0 Å². The van der Waals surface area contributed by atoms with Gasteiger partial charge in [-0.25, -0.2) is 14.1 Å². The number of hydrogen-bond donors (Lipinski definition) is 2. The Morgan fingerprint density at radius 1 is 1.18 bits per heavy atom. The van der Waals surface area contributed by atoms with Gasteiger partial charge in [-0.05, 0) is 30.3 Å². The van der Waals surface area contributed by atoms with E-state index >= 15 is 0 Å². The molecule has 2 N–H and O–H groups in total. The molecule has 2 aromatic rings. The third kappa shape index (κ3) is 3.13. The molecule has 0 bridgehead atoms. The first kappa shape index (κ1) is 19.5. The van der Waals surface area contributed by atoms with Crippen molar-refractivity contribution in [2.75, 3.05) is 4.90 Å².